The van der Waals surface area contributed by atoms with E-state index in [-0.39, 0.29) is 0 Å². The van der Waals surface area contributed by atoms with Crippen LogP contribution < -0.4 is 14.8 Å². The number of nitrogens with zero attached hydrogens (tertiary/aromatic N) is 2. The minimum atomic E-state index is 0.670. The van der Waals surface area contributed by atoms with E-state index < -0.39 is 0 Å². The number of nitrogens with one attached hydrogen (secondary N) is 1. The Labute approximate surface area is 125 Å². The number of hydrogen-bond acceptors (Lipinski definition) is 5. The zero-order valence-electron chi connectivity index (χ0n) is 12.7. The van der Waals surface area contributed by atoms with Gasteiger partial charge in [-0.25, -0.2) is 9.97 Å². The predicted molar refractivity (Wildman–Crippen MR) is 82.9 cm³/mol. The number of aryl methyl sites for hydroxylation is 1. The van der Waals surface area contributed by atoms with Gasteiger partial charge in [-0.1, -0.05) is 19.4 Å². The molecule has 1 heterocycles. The van der Waals surface area contributed by atoms with Gasteiger partial charge < -0.3 is 14.8 Å². The second-order valence-electron chi connectivity index (χ2n) is 4.69. The van der Waals surface area contributed by atoms with E-state index in [1.165, 1.54) is 0 Å². The van der Waals surface area contributed by atoms with Crippen LogP contribution in [0.3, 0.4) is 0 Å². The fraction of sp³-hybridized carbons (Fsp3) is 0.375. The molecule has 0 unspecified atom stereocenters. The quantitative estimate of drug-likeness (QED) is 0.848. The highest BCUT2D eigenvalue weighted by molar-refractivity contribution is 5.44. The second kappa shape index (κ2) is 7.47. The van der Waals surface area contributed by atoms with Crippen LogP contribution in [0.25, 0.3) is 0 Å². The summed E-state index contributed by atoms with van der Waals surface area (Å²) in [6.07, 6.45) is 3.64. The number of ether oxygens (including phenoxy) is 2. The topological polar surface area (TPSA) is 56.3 Å². The summed E-state index contributed by atoms with van der Waals surface area (Å²) in [5.41, 5.74) is 2.16. The summed E-state index contributed by atoms with van der Waals surface area (Å²) in [6.45, 7) is 2.81. The van der Waals surface area contributed by atoms with Crippen molar-refractivity contribution in [3.05, 3.63) is 41.9 Å². The molecule has 1 aromatic carbocycles. The molecule has 0 bridgehead atoms. The van der Waals surface area contributed by atoms with Crippen LogP contribution in [0.4, 0.5) is 5.82 Å². The normalized spacial score (nSPS) is 10.2. The van der Waals surface area contributed by atoms with Crippen molar-refractivity contribution in [1.82, 2.24) is 9.97 Å². The van der Waals surface area contributed by atoms with Crippen molar-refractivity contribution >= 4 is 5.82 Å². The van der Waals surface area contributed by atoms with Crippen molar-refractivity contribution < 1.29 is 9.47 Å². The number of rotatable bonds is 7. The highest BCUT2D eigenvalue weighted by Gasteiger charge is 2.05. The molecule has 5 nitrogen and oxygen atoms in total. The lowest BCUT2D eigenvalue weighted by Gasteiger charge is -2.11. The summed E-state index contributed by atoms with van der Waals surface area (Å²) >= 11 is 0. The van der Waals surface area contributed by atoms with E-state index in [0.717, 1.165) is 41.4 Å². The van der Waals surface area contributed by atoms with Crippen molar-refractivity contribution in [2.45, 2.75) is 26.3 Å². The van der Waals surface area contributed by atoms with Crippen LogP contribution in [-0.4, -0.2) is 24.2 Å². The predicted octanol–water partition coefficient (Wildman–Crippen LogP) is 3.06. The fourth-order valence-electron chi connectivity index (χ4n) is 2.07. The fourth-order valence-corrected chi connectivity index (χ4v) is 2.07. The van der Waals surface area contributed by atoms with E-state index in [2.05, 4.69) is 22.2 Å². The maximum absolute atomic E-state index is 5.30. The van der Waals surface area contributed by atoms with Crippen LogP contribution in [0.5, 0.6) is 11.5 Å². The van der Waals surface area contributed by atoms with Gasteiger partial charge in [0.05, 0.1) is 14.2 Å². The summed E-state index contributed by atoms with van der Waals surface area (Å²) in [4.78, 5) is 8.48. The largest absolute Gasteiger partial charge is 0.493 e. The van der Waals surface area contributed by atoms with Crippen LogP contribution in [-0.2, 0) is 13.0 Å². The van der Waals surface area contributed by atoms with Gasteiger partial charge in [0.1, 0.15) is 12.1 Å². The second-order valence-corrected chi connectivity index (χ2v) is 4.69. The first-order valence-electron chi connectivity index (χ1n) is 7.02. The summed E-state index contributed by atoms with van der Waals surface area (Å²) in [6, 6.07) is 7.85. The van der Waals surface area contributed by atoms with Gasteiger partial charge >= 0.3 is 0 Å². The van der Waals surface area contributed by atoms with E-state index in [1.54, 1.807) is 20.5 Å². The first-order valence-corrected chi connectivity index (χ1v) is 7.02. The summed E-state index contributed by atoms with van der Waals surface area (Å²) < 4.78 is 10.5. The Bertz CT molecular complexity index is 587. The number of benzene rings is 1. The minimum absolute atomic E-state index is 0.670. The summed E-state index contributed by atoms with van der Waals surface area (Å²) in [5.74, 6) is 2.29. The molecule has 0 atom stereocenters. The maximum atomic E-state index is 5.30. The van der Waals surface area contributed by atoms with Gasteiger partial charge in [-0.15, -0.1) is 0 Å². The van der Waals surface area contributed by atoms with E-state index in [9.17, 15) is 0 Å². The first-order chi connectivity index (χ1) is 10.3. The van der Waals surface area contributed by atoms with Crippen molar-refractivity contribution in [1.29, 1.82) is 0 Å². The van der Waals surface area contributed by atoms with Crippen molar-refractivity contribution in [3.8, 4) is 11.5 Å². The molecule has 0 saturated carbocycles. The van der Waals surface area contributed by atoms with Gasteiger partial charge in [0, 0.05) is 18.3 Å². The Morgan fingerprint density at radius 1 is 1.05 bits per heavy atom. The Morgan fingerprint density at radius 3 is 2.57 bits per heavy atom. The molecule has 5 heteroatoms. The van der Waals surface area contributed by atoms with Crippen LogP contribution >= 0.6 is 0 Å². The molecule has 0 fully saturated rings. The third-order valence-electron chi connectivity index (χ3n) is 3.15. The molecule has 0 aliphatic carbocycles. The molecule has 0 spiro atoms. The summed E-state index contributed by atoms with van der Waals surface area (Å²) in [5, 5.41) is 3.30. The molecule has 0 aliphatic heterocycles. The van der Waals surface area contributed by atoms with Gasteiger partial charge in [0.25, 0.3) is 0 Å². The maximum Gasteiger partial charge on any atom is 0.161 e. The molecular weight excluding hydrogens is 266 g/mol. The van der Waals surface area contributed by atoms with Crippen molar-refractivity contribution in [2.24, 2.45) is 0 Å². The molecule has 1 aromatic heterocycles. The number of hydrogen-bond donors (Lipinski definition) is 1. The van der Waals surface area contributed by atoms with E-state index in [1.807, 2.05) is 24.3 Å². The Balaban J connectivity index is 2.04. The molecule has 2 rings (SSSR count). The third kappa shape index (κ3) is 4.08. The Morgan fingerprint density at radius 2 is 1.86 bits per heavy atom. The van der Waals surface area contributed by atoms with Crippen LogP contribution in [0.15, 0.2) is 30.6 Å². The first kappa shape index (κ1) is 15.1. The van der Waals surface area contributed by atoms with Crippen molar-refractivity contribution in [2.75, 3.05) is 19.5 Å². The lowest BCUT2D eigenvalue weighted by molar-refractivity contribution is 0.354. The summed E-state index contributed by atoms with van der Waals surface area (Å²) in [7, 11) is 3.27. The molecule has 21 heavy (non-hydrogen) atoms. The number of aromatic nitrogens is 2. The van der Waals surface area contributed by atoms with Crippen LogP contribution in [0.2, 0.25) is 0 Å². The highest BCUT2D eigenvalue weighted by atomic mass is 16.5. The van der Waals surface area contributed by atoms with Gasteiger partial charge in [-0.3, -0.25) is 0 Å². The molecule has 0 radical (unpaired) electrons. The van der Waals surface area contributed by atoms with Gasteiger partial charge in [0.2, 0.25) is 0 Å². The van der Waals surface area contributed by atoms with Crippen LogP contribution in [0.1, 0.15) is 24.6 Å². The average molecular weight is 287 g/mol. The molecule has 0 aliphatic rings. The van der Waals surface area contributed by atoms with E-state index in [4.69, 9.17) is 9.47 Å². The highest BCUT2D eigenvalue weighted by Crippen LogP contribution is 2.27. The zero-order chi connectivity index (χ0) is 15.1. The smallest absolute Gasteiger partial charge is 0.161 e. The molecule has 112 valence electrons. The Kier molecular flexibility index (Phi) is 5.37. The molecule has 0 amide bonds. The molecular formula is C16H21N3O2. The average Bonchev–Trinajstić information content (AvgIpc) is 2.53. The lowest BCUT2D eigenvalue weighted by atomic mass is 10.2. The third-order valence-corrected chi connectivity index (χ3v) is 3.15. The minimum Gasteiger partial charge on any atom is -0.493 e. The molecule has 1 N–H and O–H groups in total. The monoisotopic (exact) mass is 287 g/mol. The Hall–Kier alpha value is -2.30. The van der Waals surface area contributed by atoms with Crippen molar-refractivity contribution in [3.63, 3.8) is 0 Å². The van der Waals surface area contributed by atoms with Gasteiger partial charge in [0.15, 0.2) is 11.5 Å². The molecule has 2 aromatic rings. The van der Waals surface area contributed by atoms with E-state index in [0.29, 0.717) is 6.54 Å². The zero-order valence-corrected chi connectivity index (χ0v) is 12.7. The van der Waals surface area contributed by atoms with E-state index >= 15 is 0 Å². The lowest BCUT2D eigenvalue weighted by Crippen LogP contribution is -2.03. The molecule has 0 saturated heterocycles. The van der Waals surface area contributed by atoms with Crippen LogP contribution in [0, 0.1) is 0 Å². The number of methoxy groups -OCH3 is 2. The SMILES string of the molecule is CCCc1cc(NCc2ccc(OC)c(OC)c2)ncn1. The van der Waals surface area contributed by atoms with Gasteiger partial charge in [-0.05, 0) is 24.1 Å². The van der Waals surface area contributed by atoms with Gasteiger partial charge in [-0.2, -0.15) is 0 Å². The standard InChI is InChI=1S/C16H21N3O2/c1-4-5-13-9-16(19-11-18-13)17-10-12-6-7-14(20-2)15(8-12)21-3/h6-9,11H,4-5,10H2,1-3H3,(H,17,18,19). The number of anilines is 1.